The number of carbonyl (C=O) groups excluding carboxylic acids is 1. The number of para-hydroxylation sites is 1. The molecule has 0 radical (unpaired) electrons. The third-order valence-corrected chi connectivity index (χ3v) is 4.25. The van der Waals surface area contributed by atoms with Gasteiger partial charge in [0, 0.05) is 18.4 Å². The monoisotopic (exact) mass is 337 g/mol. The minimum Gasteiger partial charge on any atom is -0.396 e. The van der Waals surface area contributed by atoms with Crippen LogP contribution in [0.1, 0.15) is 22.5 Å². The predicted molar refractivity (Wildman–Crippen MR) is 89.6 cm³/mol. The van der Waals surface area contributed by atoms with Crippen LogP contribution in [0.15, 0.2) is 30.5 Å². The SMILES string of the molecule is CSCC(CCO)NC(=O)c1cnn(-c2ccccc2F)c1C. The molecular formula is C16H20FN3O2S. The number of aromatic nitrogens is 2. The molecule has 23 heavy (non-hydrogen) atoms. The van der Waals surface area contributed by atoms with Crippen LogP contribution in [0.2, 0.25) is 0 Å². The van der Waals surface area contributed by atoms with Crippen LogP contribution in [0.3, 0.4) is 0 Å². The summed E-state index contributed by atoms with van der Waals surface area (Å²) in [5, 5.41) is 16.1. The van der Waals surface area contributed by atoms with Crippen molar-refractivity contribution >= 4 is 17.7 Å². The molecule has 0 saturated carbocycles. The second-order valence-corrected chi connectivity index (χ2v) is 6.06. The van der Waals surface area contributed by atoms with E-state index < -0.39 is 5.82 Å². The number of aliphatic hydroxyl groups is 1. The number of benzene rings is 1. The van der Waals surface area contributed by atoms with Gasteiger partial charge in [-0.1, -0.05) is 12.1 Å². The zero-order valence-electron chi connectivity index (χ0n) is 13.1. The van der Waals surface area contributed by atoms with Gasteiger partial charge in [-0.2, -0.15) is 16.9 Å². The Morgan fingerprint density at radius 3 is 2.87 bits per heavy atom. The number of nitrogens with zero attached hydrogens (tertiary/aromatic N) is 2. The number of amides is 1. The van der Waals surface area contributed by atoms with Gasteiger partial charge in [0.15, 0.2) is 0 Å². The number of hydrogen-bond donors (Lipinski definition) is 2. The largest absolute Gasteiger partial charge is 0.396 e. The van der Waals surface area contributed by atoms with Gasteiger partial charge >= 0.3 is 0 Å². The lowest BCUT2D eigenvalue weighted by molar-refractivity contribution is 0.0934. The Balaban J connectivity index is 2.21. The van der Waals surface area contributed by atoms with Gasteiger partial charge in [0.25, 0.3) is 5.91 Å². The van der Waals surface area contributed by atoms with Crippen molar-refractivity contribution in [2.24, 2.45) is 0 Å². The maximum atomic E-state index is 13.9. The maximum Gasteiger partial charge on any atom is 0.255 e. The average Bonchev–Trinajstić information content (AvgIpc) is 2.90. The molecule has 0 aliphatic carbocycles. The van der Waals surface area contributed by atoms with Crippen molar-refractivity contribution in [3.63, 3.8) is 0 Å². The molecule has 0 spiro atoms. The lowest BCUT2D eigenvalue weighted by Crippen LogP contribution is -2.37. The lowest BCUT2D eigenvalue weighted by atomic mass is 10.2. The highest BCUT2D eigenvalue weighted by Crippen LogP contribution is 2.17. The molecule has 1 aromatic heterocycles. The Morgan fingerprint density at radius 2 is 2.22 bits per heavy atom. The highest BCUT2D eigenvalue weighted by Gasteiger charge is 2.19. The molecule has 1 atom stereocenters. The van der Waals surface area contributed by atoms with E-state index in [0.717, 1.165) is 0 Å². The molecule has 2 aromatic rings. The molecule has 0 aliphatic heterocycles. The molecular weight excluding hydrogens is 317 g/mol. The Bertz CT molecular complexity index is 669. The number of nitrogens with one attached hydrogen (secondary N) is 1. The van der Waals surface area contributed by atoms with E-state index in [9.17, 15) is 9.18 Å². The molecule has 2 N–H and O–H groups in total. The number of rotatable bonds is 7. The molecule has 1 heterocycles. The Hall–Kier alpha value is -1.86. The van der Waals surface area contributed by atoms with Crippen molar-refractivity contribution in [2.45, 2.75) is 19.4 Å². The molecule has 1 amide bonds. The van der Waals surface area contributed by atoms with Crippen LogP contribution in [-0.2, 0) is 0 Å². The first kappa shape index (κ1) is 17.5. The first-order valence-corrected chi connectivity index (χ1v) is 8.68. The minimum atomic E-state index is -0.397. The summed E-state index contributed by atoms with van der Waals surface area (Å²) in [7, 11) is 0. The third kappa shape index (κ3) is 4.11. The van der Waals surface area contributed by atoms with Crippen LogP contribution in [0.5, 0.6) is 0 Å². The van der Waals surface area contributed by atoms with E-state index in [0.29, 0.717) is 29.1 Å². The van der Waals surface area contributed by atoms with Crippen LogP contribution in [0.25, 0.3) is 5.69 Å². The van der Waals surface area contributed by atoms with Crippen molar-refractivity contribution in [1.82, 2.24) is 15.1 Å². The standard InChI is InChI=1S/C16H20FN3O2S/c1-11-13(16(22)19-12(7-8-21)10-23-2)9-18-20(11)15-6-4-3-5-14(15)17/h3-6,9,12,21H,7-8,10H2,1-2H3,(H,19,22). The van der Waals surface area contributed by atoms with E-state index in [1.807, 2.05) is 6.26 Å². The second kappa shape index (κ2) is 8.12. The smallest absolute Gasteiger partial charge is 0.255 e. The number of halogens is 1. The topological polar surface area (TPSA) is 67.2 Å². The van der Waals surface area contributed by atoms with Gasteiger partial charge in [-0.15, -0.1) is 0 Å². The molecule has 1 aromatic carbocycles. The van der Waals surface area contributed by atoms with E-state index in [1.54, 1.807) is 36.9 Å². The van der Waals surface area contributed by atoms with Gasteiger partial charge in [0.2, 0.25) is 0 Å². The van der Waals surface area contributed by atoms with Crippen LogP contribution in [0.4, 0.5) is 4.39 Å². The maximum absolute atomic E-state index is 13.9. The highest BCUT2D eigenvalue weighted by molar-refractivity contribution is 7.98. The fourth-order valence-electron chi connectivity index (χ4n) is 2.32. The molecule has 2 rings (SSSR count). The molecule has 124 valence electrons. The first-order chi connectivity index (χ1) is 11.1. The summed E-state index contributed by atoms with van der Waals surface area (Å²) in [4.78, 5) is 12.4. The summed E-state index contributed by atoms with van der Waals surface area (Å²) in [6, 6.07) is 6.17. The fourth-order valence-corrected chi connectivity index (χ4v) is 2.97. The van der Waals surface area contributed by atoms with Crippen LogP contribution >= 0.6 is 11.8 Å². The molecule has 0 aliphatic rings. The van der Waals surface area contributed by atoms with Gasteiger partial charge < -0.3 is 10.4 Å². The molecule has 5 nitrogen and oxygen atoms in total. The summed E-state index contributed by atoms with van der Waals surface area (Å²) in [5.74, 6) is 0.0519. The summed E-state index contributed by atoms with van der Waals surface area (Å²) in [5.41, 5.74) is 1.27. The van der Waals surface area contributed by atoms with Crippen molar-refractivity contribution in [3.05, 3.63) is 47.5 Å². The molecule has 0 bridgehead atoms. The zero-order chi connectivity index (χ0) is 16.8. The van der Waals surface area contributed by atoms with Crippen LogP contribution < -0.4 is 5.32 Å². The highest BCUT2D eigenvalue weighted by atomic mass is 32.2. The van der Waals surface area contributed by atoms with E-state index in [-0.39, 0.29) is 18.6 Å². The van der Waals surface area contributed by atoms with Crippen LogP contribution in [0, 0.1) is 12.7 Å². The molecule has 1 unspecified atom stereocenters. The van der Waals surface area contributed by atoms with E-state index in [2.05, 4.69) is 10.4 Å². The lowest BCUT2D eigenvalue weighted by Gasteiger charge is -2.16. The second-order valence-electron chi connectivity index (χ2n) is 5.14. The number of hydrogen-bond acceptors (Lipinski definition) is 4. The van der Waals surface area contributed by atoms with Crippen molar-refractivity contribution < 1.29 is 14.3 Å². The van der Waals surface area contributed by atoms with E-state index in [1.165, 1.54) is 16.9 Å². The van der Waals surface area contributed by atoms with Crippen LogP contribution in [-0.4, -0.2) is 45.5 Å². The minimum absolute atomic E-state index is 0.0129. The Morgan fingerprint density at radius 1 is 1.48 bits per heavy atom. The van der Waals surface area contributed by atoms with E-state index >= 15 is 0 Å². The summed E-state index contributed by atoms with van der Waals surface area (Å²) in [6.45, 7) is 1.74. The van der Waals surface area contributed by atoms with Gasteiger partial charge in [-0.05, 0) is 31.7 Å². The molecule has 7 heteroatoms. The molecule has 0 saturated heterocycles. The summed E-state index contributed by atoms with van der Waals surface area (Å²) in [6.07, 6.45) is 3.87. The number of thioether (sulfide) groups is 1. The first-order valence-electron chi connectivity index (χ1n) is 7.28. The van der Waals surface area contributed by atoms with Gasteiger partial charge in [0.05, 0.1) is 17.5 Å². The summed E-state index contributed by atoms with van der Waals surface area (Å²) >= 11 is 1.60. The fraction of sp³-hybridized carbons (Fsp3) is 0.375. The Kier molecular flexibility index (Phi) is 6.18. The van der Waals surface area contributed by atoms with Crippen molar-refractivity contribution in [3.8, 4) is 5.69 Å². The van der Waals surface area contributed by atoms with Crippen molar-refractivity contribution in [2.75, 3.05) is 18.6 Å². The number of aliphatic hydroxyl groups excluding tert-OH is 1. The third-order valence-electron chi connectivity index (χ3n) is 3.52. The van der Waals surface area contributed by atoms with E-state index in [4.69, 9.17) is 5.11 Å². The predicted octanol–water partition coefficient (Wildman–Crippen LogP) is 2.16. The quantitative estimate of drug-likeness (QED) is 0.812. The Labute approximate surface area is 138 Å². The van der Waals surface area contributed by atoms with Gasteiger partial charge in [-0.25, -0.2) is 9.07 Å². The average molecular weight is 337 g/mol. The normalized spacial score (nSPS) is 12.2. The zero-order valence-corrected chi connectivity index (χ0v) is 13.9. The van der Waals surface area contributed by atoms with Crippen molar-refractivity contribution in [1.29, 1.82) is 0 Å². The summed E-state index contributed by atoms with van der Waals surface area (Å²) < 4.78 is 15.3. The van der Waals surface area contributed by atoms with Gasteiger partial charge in [0.1, 0.15) is 11.5 Å². The van der Waals surface area contributed by atoms with Gasteiger partial charge in [-0.3, -0.25) is 4.79 Å². The number of carbonyl (C=O) groups is 1. The molecule has 0 fully saturated rings.